The van der Waals surface area contributed by atoms with Gasteiger partial charge in [0, 0.05) is 67.1 Å². The van der Waals surface area contributed by atoms with Crippen molar-refractivity contribution in [3.05, 3.63) is 70.0 Å². The van der Waals surface area contributed by atoms with E-state index in [1.807, 2.05) is 48.7 Å². The molecule has 4 heterocycles. The summed E-state index contributed by atoms with van der Waals surface area (Å²) in [6.07, 6.45) is 2.09. The first-order valence-electron chi connectivity index (χ1n) is 12.6. The number of nitrogens with one attached hydrogen (secondary N) is 3. The van der Waals surface area contributed by atoms with E-state index in [1.165, 1.54) is 16.8 Å². The molecule has 2 aromatic heterocycles. The molecule has 4 amide bonds. The minimum atomic E-state index is -1.57. The summed E-state index contributed by atoms with van der Waals surface area (Å²) in [7, 11) is 6.44. The van der Waals surface area contributed by atoms with Crippen LogP contribution in [0.3, 0.4) is 0 Å². The van der Waals surface area contributed by atoms with E-state index < -0.39 is 28.9 Å². The summed E-state index contributed by atoms with van der Waals surface area (Å²) in [6.45, 7) is 0. The second kappa shape index (κ2) is 7.50. The van der Waals surface area contributed by atoms with E-state index in [2.05, 4.69) is 25.9 Å². The fourth-order valence-electron chi connectivity index (χ4n) is 7.32. The number of guanidine groups is 1. The molecule has 10 nitrogen and oxygen atoms in total. The monoisotopic (exact) mass is 587 g/mol. The number of hydrogen-bond donors (Lipinski definition) is 3. The number of amides is 4. The number of carbonyl (C=O) groups is 3. The van der Waals surface area contributed by atoms with Gasteiger partial charge >= 0.3 is 6.03 Å². The van der Waals surface area contributed by atoms with Gasteiger partial charge in [0.2, 0.25) is 5.96 Å². The highest BCUT2D eigenvalue weighted by Gasteiger charge is 2.74. The van der Waals surface area contributed by atoms with Crippen molar-refractivity contribution in [1.82, 2.24) is 29.6 Å². The van der Waals surface area contributed by atoms with E-state index in [-0.39, 0.29) is 18.3 Å². The zero-order chi connectivity index (χ0) is 27.6. The Morgan fingerprint density at radius 2 is 1.67 bits per heavy atom. The SMILES string of the molecule is CN1C(=N)N(C)C2(Cc3c([nH]c4ccccc34)C3(C(=O)N(C)C(=O)N3C)C2c2c[nH]c3cc(Br)ccc23)C1=O. The lowest BCUT2D eigenvalue weighted by Gasteiger charge is -2.53. The summed E-state index contributed by atoms with van der Waals surface area (Å²) in [4.78, 5) is 55.1. The molecule has 3 N–H and O–H groups in total. The van der Waals surface area contributed by atoms with Gasteiger partial charge in [-0.3, -0.25) is 24.8 Å². The lowest BCUT2D eigenvalue weighted by atomic mass is 9.58. The molecule has 0 radical (unpaired) electrons. The van der Waals surface area contributed by atoms with Gasteiger partial charge in [0.15, 0.2) is 5.54 Å². The number of aromatic amines is 2. The van der Waals surface area contributed by atoms with Crippen molar-refractivity contribution in [1.29, 1.82) is 5.41 Å². The first kappa shape index (κ1) is 24.0. The van der Waals surface area contributed by atoms with Crippen LogP contribution in [0.1, 0.15) is 22.7 Å². The highest BCUT2D eigenvalue weighted by atomic mass is 79.9. The number of fused-ring (bicyclic) bond motifs is 5. The zero-order valence-electron chi connectivity index (χ0n) is 21.8. The largest absolute Gasteiger partial charge is 0.361 e. The molecular weight excluding hydrogens is 562 g/mol. The third-order valence-corrected chi connectivity index (χ3v) is 9.66. The van der Waals surface area contributed by atoms with Gasteiger partial charge in [-0.2, -0.15) is 0 Å². The summed E-state index contributed by atoms with van der Waals surface area (Å²) in [6, 6.07) is 13.1. The van der Waals surface area contributed by atoms with Crippen molar-refractivity contribution in [2.24, 2.45) is 0 Å². The summed E-state index contributed by atoms with van der Waals surface area (Å²) in [5, 5.41) is 10.6. The van der Waals surface area contributed by atoms with Crippen molar-refractivity contribution in [2.45, 2.75) is 23.4 Å². The molecule has 3 aliphatic rings. The van der Waals surface area contributed by atoms with Crippen LogP contribution in [0.2, 0.25) is 0 Å². The second-order valence-corrected chi connectivity index (χ2v) is 11.6. The van der Waals surface area contributed by atoms with Crippen LogP contribution in [0.15, 0.2) is 53.1 Å². The van der Waals surface area contributed by atoms with Crippen molar-refractivity contribution < 1.29 is 14.4 Å². The number of para-hydroxylation sites is 1. The Morgan fingerprint density at radius 3 is 2.33 bits per heavy atom. The zero-order valence-corrected chi connectivity index (χ0v) is 23.4. The number of nitrogens with zero attached hydrogens (tertiary/aromatic N) is 4. The fourth-order valence-corrected chi connectivity index (χ4v) is 7.68. The van der Waals surface area contributed by atoms with Crippen molar-refractivity contribution in [3.63, 3.8) is 0 Å². The molecule has 2 aromatic carbocycles. The van der Waals surface area contributed by atoms with Crippen LogP contribution in [0, 0.1) is 5.41 Å². The van der Waals surface area contributed by atoms with Crippen LogP contribution >= 0.6 is 15.9 Å². The number of benzene rings is 2. The molecule has 0 saturated carbocycles. The molecule has 11 heteroatoms. The number of aromatic nitrogens is 2. The average molecular weight is 588 g/mol. The van der Waals surface area contributed by atoms with Gasteiger partial charge in [0.1, 0.15) is 5.54 Å². The fraction of sp³-hybridized carbons (Fsp3) is 0.286. The van der Waals surface area contributed by atoms with E-state index in [0.29, 0.717) is 5.69 Å². The second-order valence-electron chi connectivity index (χ2n) is 10.7. The van der Waals surface area contributed by atoms with Gasteiger partial charge in [-0.15, -0.1) is 0 Å². The van der Waals surface area contributed by atoms with Gasteiger partial charge in [0.25, 0.3) is 11.8 Å². The Morgan fingerprint density at radius 1 is 0.923 bits per heavy atom. The molecule has 1 aliphatic carbocycles. The van der Waals surface area contributed by atoms with Gasteiger partial charge in [-0.05, 0) is 29.3 Å². The summed E-state index contributed by atoms with van der Waals surface area (Å²) < 4.78 is 0.883. The van der Waals surface area contributed by atoms with Crippen LogP contribution in [-0.4, -0.2) is 87.1 Å². The molecule has 198 valence electrons. The molecular formula is C28H26BrN7O3. The van der Waals surface area contributed by atoms with Crippen LogP contribution in [-0.2, 0) is 21.5 Å². The number of urea groups is 1. The van der Waals surface area contributed by atoms with Crippen molar-refractivity contribution >= 4 is 61.5 Å². The van der Waals surface area contributed by atoms with Gasteiger partial charge in [0.05, 0.1) is 11.6 Å². The third-order valence-electron chi connectivity index (χ3n) is 9.17. The Bertz CT molecular complexity index is 1790. The van der Waals surface area contributed by atoms with Gasteiger partial charge in [-0.1, -0.05) is 40.2 Å². The van der Waals surface area contributed by atoms with Crippen LogP contribution in [0.25, 0.3) is 21.8 Å². The van der Waals surface area contributed by atoms with Crippen molar-refractivity contribution in [2.75, 3.05) is 28.2 Å². The number of rotatable bonds is 1. The topological polar surface area (TPSA) is 120 Å². The normalized spacial score (nSPS) is 26.9. The van der Waals surface area contributed by atoms with E-state index in [0.717, 1.165) is 42.3 Å². The lowest BCUT2D eigenvalue weighted by molar-refractivity contribution is -0.142. The number of hydrogen-bond acceptors (Lipinski definition) is 4. The van der Waals surface area contributed by atoms with Crippen LogP contribution < -0.4 is 0 Å². The quantitative estimate of drug-likeness (QED) is 0.295. The predicted molar refractivity (Wildman–Crippen MR) is 149 cm³/mol. The summed E-state index contributed by atoms with van der Waals surface area (Å²) >= 11 is 3.53. The highest BCUT2D eigenvalue weighted by Crippen LogP contribution is 2.61. The molecule has 2 spiro atoms. The van der Waals surface area contributed by atoms with Crippen molar-refractivity contribution in [3.8, 4) is 0 Å². The summed E-state index contributed by atoms with van der Waals surface area (Å²) in [5.41, 5.74) is 0.858. The molecule has 7 rings (SSSR count). The number of imide groups is 1. The smallest absolute Gasteiger partial charge is 0.327 e. The maximum absolute atomic E-state index is 14.6. The average Bonchev–Trinajstić information content (AvgIpc) is 3.60. The molecule has 39 heavy (non-hydrogen) atoms. The van der Waals surface area contributed by atoms with E-state index >= 15 is 0 Å². The maximum Gasteiger partial charge on any atom is 0.327 e. The van der Waals surface area contributed by atoms with E-state index in [1.54, 1.807) is 26.0 Å². The van der Waals surface area contributed by atoms with Crippen LogP contribution in [0.5, 0.6) is 0 Å². The minimum absolute atomic E-state index is 0.0406. The molecule has 2 fully saturated rings. The number of carbonyl (C=O) groups excluding carboxylic acids is 3. The molecule has 3 atom stereocenters. The number of likely N-dealkylation sites (N-methyl/N-ethyl adjacent to an activating group) is 4. The Kier molecular flexibility index (Phi) is 4.61. The molecule has 2 saturated heterocycles. The predicted octanol–water partition coefficient (Wildman–Crippen LogP) is 3.55. The molecule has 3 unspecified atom stereocenters. The highest BCUT2D eigenvalue weighted by molar-refractivity contribution is 9.10. The number of halogens is 1. The summed E-state index contributed by atoms with van der Waals surface area (Å²) in [5.74, 6) is -1.51. The lowest BCUT2D eigenvalue weighted by Crippen LogP contribution is -2.67. The molecule has 4 aromatic rings. The molecule has 0 bridgehead atoms. The van der Waals surface area contributed by atoms with Gasteiger partial charge in [-0.25, -0.2) is 4.79 Å². The van der Waals surface area contributed by atoms with E-state index in [9.17, 15) is 14.4 Å². The Hall–Kier alpha value is -4.12. The van der Waals surface area contributed by atoms with Gasteiger partial charge < -0.3 is 19.8 Å². The number of H-pyrrole nitrogens is 2. The Balaban J connectivity index is 1.68. The minimum Gasteiger partial charge on any atom is -0.361 e. The Labute approximate surface area is 232 Å². The molecule has 2 aliphatic heterocycles. The first-order chi connectivity index (χ1) is 18.6. The first-order valence-corrected chi connectivity index (χ1v) is 13.4. The van der Waals surface area contributed by atoms with E-state index in [4.69, 9.17) is 5.41 Å². The standard InChI is InChI=1S/C28H26BrN7O3/c1-33-23(37)27(35(3)25(33)30)12-17-15-7-5-6-8-19(15)32-22(17)28(24(38)34(2)26(39)36(28)4)21(27)18-13-31-20-11-14(29)9-10-16(18)20/h5-11,13,21,30-32H,12H2,1-4H3. The van der Waals surface area contributed by atoms with Crippen LogP contribution in [0.4, 0.5) is 4.79 Å². The maximum atomic E-state index is 14.6. The third kappa shape index (κ3) is 2.56.